The molecule has 1 aromatic heterocycles. The van der Waals surface area contributed by atoms with E-state index in [1.807, 2.05) is 69.4 Å². The predicted octanol–water partition coefficient (Wildman–Crippen LogP) is 9.78. The van der Waals surface area contributed by atoms with Crippen molar-refractivity contribution in [2.75, 3.05) is 25.0 Å². The number of hydrogen-bond acceptors (Lipinski definition) is 5. The second-order valence-electron chi connectivity index (χ2n) is 16.6. The summed E-state index contributed by atoms with van der Waals surface area (Å²) in [6, 6.07) is 20.6. The Balaban J connectivity index is 1.00. The lowest BCUT2D eigenvalue weighted by atomic mass is 9.92. The lowest BCUT2D eigenvalue weighted by Crippen LogP contribution is -2.59. The molecule has 0 bridgehead atoms. The number of nitrogens with zero attached hydrogens (tertiary/aromatic N) is 3. The maximum Gasteiger partial charge on any atom is 0.274 e. The number of amides is 1. The fourth-order valence-electron chi connectivity index (χ4n) is 8.64. The normalized spacial score (nSPS) is 20.6. The van der Waals surface area contributed by atoms with Crippen LogP contribution in [0.2, 0.25) is 0 Å². The van der Waals surface area contributed by atoms with Gasteiger partial charge >= 0.3 is 0 Å². The summed E-state index contributed by atoms with van der Waals surface area (Å²) in [6.45, 7) is 12.4. The number of benzene rings is 3. The number of nitrogens with one attached hydrogen (secondary N) is 1. The molecule has 6 nitrogen and oxygen atoms in total. The Labute approximate surface area is 314 Å². The Morgan fingerprint density at radius 3 is 2.30 bits per heavy atom. The maximum absolute atomic E-state index is 16.0. The van der Waals surface area contributed by atoms with E-state index < -0.39 is 5.60 Å². The van der Waals surface area contributed by atoms with Crippen molar-refractivity contribution in [2.24, 2.45) is 0 Å². The molecule has 2 aliphatic carbocycles. The number of aliphatic hydroxyl groups is 1. The quantitative estimate of drug-likeness (QED) is 0.152. The van der Waals surface area contributed by atoms with E-state index in [1.54, 1.807) is 6.08 Å². The Bertz CT molecular complexity index is 2050. The van der Waals surface area contributed by atoms with E-state index in [9.17, 15) is 9.90 Å². The molecule has 7 heteroatoms. The highest BCUT2D eigenvalue weighted by Crippen LogP contribution is 2.44. The fourth-order valence-corrected chi connectivity index (χ4v) is 8.64. The topological polar surface area (TPSA) is 68.7 Å². The van der Waals surface area contributed by atoms with Crippen LogP contribution in [0.3, 0.4) is 0 Å². The molecule has 0 spiro atoms. The number of pyridine rings is 1. The predicted molar refractivity (Wildman–Crippen MR) is 213 cm³/mol. The highest BCUT2D eigenvalue weighted by molar-refractivity contribution is 6.04. The van der Waals surface area contributed by atoms with Gasteiger partial charge in [-0.2, -0.15) is 0 Å². The third-order valence-corrected chi connectivity index (χ3v) is 12.1. The molecule has 4 fully saturated rings. The first-order valence-corrected chi connectivity index (χ1v) is 19.7. The zero-order valence-corrected chi connectivity index (χ0v) is 31.7. The Hall–Kier alpha value is -4.17. The first-order valence-electron chi connectivity index (χ1n) is 19.7. The van der Waals surface area contributed by atoms with Crippen molar-refractivity contribution < 1.29 is 14.3 Å². The molecular formula is C46H53FN4O2. The van der Waals surface area contributed by atoms with Crippen molar-refractivity contribution in [3.05, 3.63) is 117 Å². The average Bonchev–Trinajstić information content (AvgIpc) is 4.06. The maximum atomic E-state index is 16.0. The van der Waals surface area contributed by atoms with Crippen molar-refractivity contribution in [1.82, 2.24) is 14.8 Å². The first kappa shape index (κ1) is 35.8. The van der Waals surface area contributed by atoms with Crippen LogP contribution >= 0.6 is 0 Å². The largest absolute Gasteiger partial charge is 0.388 e. The molecule has 4 aliphatic rings. The summed E-state index contributed by atoms with van der Waals surface area (Å²) in [5.41, 5.74) is 11.0. The van der Waals surface area contributed by atoms with Gasteiger partial charge in [-0.25, -0.2) is 4.39 Å². The van der Waals surface area contributed by atoms with E-state index in [-0.39, 0.29) is 11.7 Å². The van der Waals surface area contributed by atoms with Crippen LogP contribution in [0, 0.1) is 13.8 Å². The van der Waals surface area contributed by atoms with Crippen LogP contribution in [-0.4, -0.2) is 57.1 Å². The number of aromatic nitrogens is 1. The van der Waals surface area contributed by atoms with Crippen LogP contribution in [0.5, 0.6) is 0 Å². The van der Waals surface area contributed by atoms with Gasteiger partial charge < -0.3 is 10.4 Å². The number of rotatable bonds is 11. The van der Waals surface area contributed by atoms with Crippen molar-refractivity contribution in [3.63, 3.8) is 0 Å². The highest BCUT2D eigenvalue weighted by Gasteiger charge is 2.37. The highest BCUT2D eigenvalue weighted by atomic mass is 19.1. The third-order valence-electron chi connectivity index (χ3n) is 12.1. The first-order chi connectivity index (χ1) is 25.5. The van der Waals surface area contributed by atoms with E-state index >= 15 is 4.39 Å². The summed E-state index contributed by atoms with van der Waals surface area (Å²) in [5.74, 6) is 0.559. The molecule has 1 atom stereocenters. The molecule has 0 radical (unpaired) electrons. The lowest BCUT2D eigenvalue weighted by Gasteiger charge is -2.44. The average molecular weight is 713 g/mol. The summed E-state index contributed by atoms with van der Waals surface area (Å²) in [6.07, 6.45) is 12.0. The third kappa shape index (κ3) is 7.89. The van der Waals surface area contributed by atoms with Gasteiger partial charge in [0.15, 0.2) is 0 Å². The van der Waals surface area contributed by atoms with Gasteiger partial charge in [-0.3, -0.25) is 19.6 Å². The summed E-state index contributed by atoms with van der Waals surface area (Å²) in [7, 11) is 0. The van der Waals surface area contributed by atoms with E-state index in [1.165, 1.54) is 54.4 Å². The van der Waals surface area contributed by atoms with Gasteiger partial charge in [0.1, 0.15) is 11.5 Å². The Kier molecular flexibility index (Phi) is 9.86. The molecule has 3 heterocycles. The molecule has 2 saturated carbocycles. The van der Waals surface area contributed by atoms with Crippen LogP contribution < -0.4 is 5.32 Å². The van der Waals surface area contributed by atoms with Crippen molar-refractivity contribution in [2.45, 2.75) is 109 Å². The summed E-state index contributed by atoms with van der Waals surface area (Å²) >= 11 is 0. The SMILES string of the molecule is Cc1c(/C=C(\F)c2ccc(CN3CC(C)(O)C3)c(C3CC3)c2)cccc1-c1cccc(NC(=O)c2cc(C3CC3)c(CN3CCCC[C@H]3C)cn2)c1C. The van der Waals surface area contributed by atoms with Crippen molar-refractivity contribution >= 4 is 23.5 Å². The molecule has 2 N–H and O–H groups in total. The monoisotopic (exact) mass is 712 g/mol. The van der Waals surface area contributed by atoms with Crippen molar-refractivity contribution in [1.29, 1.82) is 0 Å². The van der Waals surface area contributed by atoms with Gasteiger partial charge in [0, 0.05) is 49.7 Å². The Morgan fingerprint density at radius 2 is 1.60 bits per heavy atom. The number of anilines is 1. The molecule has 2 saturated heterocycles. The zero-order chi connectivity index (χ0) is 36.9. The minimum Gasteiger partial charge on any atom is -0.388 e. The van der Waals surface area contributed by atoms with Crippen LogP contribution in [0.25, 0.3) is 23.0 Å². The van der Waals surface area contributed by atoms with E-state index in [4.69, 9.17) is 0 Å². The molecule has 2 aliphatic heterocycles. The number of β-amino-alcohol motifs (C(OH)–C–C–N with tert-alkyl or cyclic N) is 1. The minimum atomic E-state index is -0.607. The van der Waals surface area contributed by atoms with E-state index in [0.717, 1.165) is 66.0 Å². The fraction of sp³-hybridized carbons (Fsp3) is 0.435. The molecule has 4 aromatic rings. The van der Waals surface area contributed by atoms with Gasteiger partial charge in [0.2, 0.25) is 0 Å². The van der Waals surface area contributed by atoms with Gasteiger partial charge in [-0.1, -0.05) is 48.9 Å². The minimum absolute atomic E-state index is 0.200. The second kappa shape index (κ2) is 14.6. The van der Waals surface area contributed by atoms with Crippen LogP contribution in [0.15, 0.2) is 66.9 Å². The molecule has 53 heavy (non-hydrogen) atoms. The lowest BCUT2D eigenvalue weighted by molar-refractivity contribution is -0.0872. The molecule has 1 amide bonds. The van der Waals surface area contributed by atoms with Gasteiger partial charge in [0.25, 0.3) is 5.91 Å². The molecule has 276 valence electrons. The summed E-state index contributed by atoms with van der Waals surface area (Å²) in [5, 5.41) is 13.4. The van der Waals surface area contributed by atoms with E-state index in [0.29, 0.717) is 42.2 Å². The molecule has 8 rings (SSSR count). The van der Waals surface area contributed by atoms with Crippen molar-refractivity contribution in [3.8, 4) is 11.1 Å². The summed E-state index contributed by atoms with van der Waals surface area (Å²) in [4.78, 5) is 23.2. The van der Waals surface area contributed by atoms with E-state index in [2.05, 4.69) is 45.2 Å². The van der Waals surface area contributed by atoms with Gasteiger partial charge in [-0.05, 0) is 159 Å². The number of piperidine rings is 1. The number of likely N-dealkylation sites (tertiary alicyclic amines) is 2. The number of carbonyl (C=O) groups is 1. The second-order valence-corrected chi connectivity index (χ2v) is 16.6. The Morgan fingerprint density at radius 1 is 0.906 bits per heavy atom. The standard InChI is InChI=1S/C46H53FN4O2/c1-29-9-5-6-20-51(29)26-37-24-48-44(23-41(37)33-16-17-33)45(52)49-43-13-8-12-39(31(43)3)38-11-7-10-34(30(38)2)22-42(47)35-18-19-36(40(21-35)32-14-15-32)25-50-27-46(4,53)28-50/h7-8,10-13,18-19,21-24,29,32-33,53H,5-6,9,14-17,20,25-28H2,1-4H3,(H,49,52)/b42-22-/t29-/m1/s1. The smallest absolute Gasteiger partial charge is 0.274 e. The molecule has 0 unspecified atom stereocenters. The van der Waals surface area contributed by atoms with Gasteiger partial charge in [-0.15, -0.1) is 0 Å². The molecule has 3 aromatic carbocycles. The summed E-state index contributed by atoms with van der Waals surface area (Å²) < 4.78 is 16.0. The molecular weight excluding hydrogens is 660 g/mol. The number of halogens is 1. The van der Waals surface area contributed by atoms with Crippen LogP contribution in [-0.2, 0) is 13.1 Å². The number of hydrogen-bond donors (Lipinski definition) is 2. The van der Waals surface area contributed by atoms with Crippen LogP contribution in [0.1, 0.15) is 126 Å². The zero-order valence-electron chi connectivity index (χ0n) is 31.7. The number of carbonyl (C=O) groups excluding carboxylic acids is 1. The van der Waals surface area contributed by atoms with Gasteiger partial charge in [0.05, 0.1) is 5.60 Å². The van der Waals surface area contributed by atoms with Crippen LogP contribution in [0.4, 0.5) is 10.1 Å².